The van der Waals surface area contributed by atoms with Crippen molar-refractivity contribution in [3.05, 3.63) is 29.8 Å². The maximum atomic E-state index is 12.5. The molecule has 2 aliphatic rings. The Labute approximate surface area is 161 Å². The second-order valence-electron chi connectivity index (χ2n) is 8.08. The van der Waals surface area contributed by atoms with Crippen LogP contribution in [-0.4, -0.2) is 60.2 Å². The highest BCUT2D eigenvalue weighted by Gasteiger charge is 2.40. The third kappa shape index (κ3) is 4.38. The van der Waals surface area contributed by atoms with Gasteiger partial charge in [0, 0.05) is 50.3 Å². The number of anilines is 1. The van der Waals surface area contributed by atoms with E-state index in [0.29, 0.717) is 19.5 Å². The van der Waals surface area contributed by atoms with Crippen molar-refractivity contribution in [2.75, 3.05) is 37.7 Å². The number of imide groups is 1. The van der Waals surface area contributed by atoms with Gasteiger partial charge in [-0.25, -0.2) is 0 Å². The highest BCUT2D eigenvalue weighted by atomic mass is 16.2. The number of piperazine rings is 1. The number of likely N-dealkylation sites (tertiary alicyclic amines) is 1. The second-order valence-corrected chi connectivity index (χ2v) is 8.08. The second kappa shape index (κ2) is 7.80. The summed E-state index contributed by atoms with van der Waals surface area (Å²) in [6.07, 6.45) is 1.76. The van der Waals surface area contributed by atoms with Crippen LogP contribution in [0.4, 0.5) is 5.69 Å². The average Bonchev–Trinajstić information content (AvgIpc) is 2.65. The zero-order valence-electron chi connectivity index (χ0n) is 16.5. The van der Waals surface area contributed by atoms with Crippen LogP contribution >= 0.6 is 0 Å². The van der Waals surface area contributed by atoms with Crippen LogP contribution in [0.5, 0.6) is 0 Å². The molecule has 0 aliphatic carbocycles. The Kier molecular flexibility index (Phi) is 5.65. The molecular formula is C21H29N3O3. The van der Waals surface area contributed by atoms with E-state index < -0.39 is 0 Å². The summed E-state index contributed by atoms with van der Waals surface area (Å²) in [6.45, 7) is 9.31. The van der Waals surface area contributed by atoms with Crippen LogP contribution in [0.25, 0.3) is 0 Å². The predicted molar refractivity (Wildman–Crippen MR) is 105 cm³/mol. The van der Waals surface area contributed by atoms with Gasteiger partial charge in [-0.15, -0.1) is 0 Å². The fraction of sp³-hybridized carbons (Fsp3) is 0.571. The Bertz CT molecular complexity index is 703. The Hall–Kier alpha value is -2.21. The van der Waals surface area contributed by atoms with E-state index in [1.807, 2.05) is 38.1 Å². The van der Waals surface area contributed by atoms with Crippen LogP contribution < -0.4 is 4.90 Å². The normalized spacial score (nSPS) is 20.9. The summed E-state index contributed by atoms with van der Waals surface area (Å²) < 4.78 is 0. The Morgan fingerprint density at radius 2 is 1.56 bits per heavy atom. The van der Waals surface area contributed by atoms with Crippen molar-refractivity contribution >= 4 is 23.3 Å². The average molecular weight is 371 g/mol. The smallest absolute Gasteiger partial charge is 0.230 e. The number of nitrogens with zero attached hydrogens (tertiary/aromatic N) is 3. The largest absolute Gasteiger partial charge is 0.369 e. The van der Waals surface area contributed by atoms with Gasteiger partial charge in [0.15, 0.2) is 5.78 Å². The lowest BCUT2D eigenvalue weighted by atomic mass is 9.77. The van der Waals surface area contributed by atoms with Crippen LogP contribution in [-0.2, 0) is 9.59 Å². The summed E-state index contributed by atoms with van der Waals surface area (Å²) in [5.41, 5.74) is 1.64. The third-order valence-electron chi connectivity index (χ3n) is 5.96. The van der Waals surface area contributed by atoms with Gasteiger partial charge in [-0.3, -0.25) is 24.2 Å². The third-order valence-corrected chi connectivity index (χ3v) is 5.96. The van der Waals surface area contributed by atoms with E-state index in [-0.39, 0.29) is 23.0 Å². The summed E-state index contributed by atoms with van der Waals surface area (Å²) >= 11 is 0. The van der Waals surface area contributed by atoms with E-state index in [2.05, 4.69) is 9.80 Å². The molecule has 0 unspecified atom stereocenters. The van der Waals surface area contributed by atoms with E-state index in [9.17, 15) is 14.4 Å². The van der Waals surface area contributed by atoms with Gasteiger partial charge in [0.05, 0.1) is 6.67 Å². The molecule has 1 aromatic rings. The van der Waals surface area contributed by atoms with Gasteiger partial charge in [-0.2, -0.15) is 0 Å². The molecule has 3 rings (SSSR count). The Morgan fingerprint density at radius 1 is 1.00 bits per heavy atom. The number of carbonyl (C=O) groups excluding carboxylic acids is 3. The lowest BCUT2D eigenvalue weighted by Gasteiger charge is -2.41. The molecule has 0 aromatic heterocycles. The molecule has 0 atom stereocenters. The summed E-state index contributed by atoms with van der Waals surface area (Å²) in [7, 11) is 0. The molecule has 0 spiro atoms. The molecular weight excluding hydrogens is 342 g/mol. The van der Waals surface area contributed by atoms with Crippen LogP contribution in [0.15, 0.2) is 24.3 Å². The van der Waals surface area contributed by atoms with Crippen molar-refractivity contribution in [3.8, 4) is 0 Å². The Balaban J connectivity index is 1.54. The maximum Gasteiger partial charge on any atom is 0.230 e. The monoisotopic (exact) mass is 371 g/mol. The molecule has 146 valence electrons. The first-order valence-corrected chi connectivity index (χ1v) is 9.73. The number of piperidine rings is 1. The molecule has 2 heterocycles. The molecule has 0 radical (unpaired) electrons. The number of ketones is 1. The van der Waals surface area contributed by atoms with Gasteiger partial charge in [0.25, 0.3) is 0 Å². The topological polar surface area (TPSA) is 60.9 Å². The first-order chi connectivity index (χ1) is 12.8. The molecule has 0 N–H and O–H groups in total. The molecule has 0 saturated carbocycles. The van der Waals surface area contributed by atoms with E-state index in [0.717, 1.165) is 43.9 Å². The van der Waals surface area contributed by atoms with Crippen molar-refractivity contribution < 1.29 is 14.4 Å². The summed E-state index contributed by atoms with van der Waals surface area (Å²) in [6, 6.07) is 7.69. The zero-order chi connectivity index (χ0) is 19.6. The number of hydrogen-bond donors (Lipinski definition) is 0. The van der Waals surface area contributed by atoms with Crippen LogP contribution in [0.2, 0.25) is 0 Å². The van der Waals surface area contributed by atoms with Gasteiger partial charge in [-0.05, 0) is 43.0 Å². The lowest BCUT2D eigenvalue weighted by Crippen LogP contribution is -2.55. The SMILES string of the molecule is CCC1(C)CC(=O)N(CN2CCN(c3ccc(C(C)=O)cc3)CC2)C(=O)C1. The number of rotatable bonds is 5. The number of Topliss-reactive ketones (excluding diaryl/α,β-unsaturated/α-hetero) is 1. The summed E-state index contributed by atoms with van der Waals surface area (Å²) in [4.78, 5) is 42.2. The number of hydrogen-bond acceptors (Lipinski definition) is 5. The number of benzene rings is 1. The van der Waals surface area contributed by atoms with E-state index >= 15 is 0 Å². The summed E-state index contributed by atoms with van der Waals surface area (Å²) in [5, 5.41) is 0. The van der Waals surface area contributed by atoms with Crippen LogP contribution in [0, 0.1) is 5.41 Å². The summed E-state index contributed by atoms with van der Waals surface area (Å²) in [5.74, 6) is -0.0166. The van der Waals surface area contributed by atoms with Crippen molar-refractivity contribution in [2.45, 2.75) is 40.0 Å². The first-order valence-electron chi connectivity index (χ1n) is 9.73. The van der Waals surface area contributed by atoms with Gasteiger partial charge >= 0.3 is 0 Å². The molecule has 1 aromatic carbocycles. The fourth-order valence-corrected chi connectivity index (χ4v) is 3.78. The van der Waals surface area contributed by atoms with Gasteiger partial charge in [0.2, 0.25) is 11.8 Å². The lowest BCUT2D eigenvalue weighted by molar-refractivity contribution is -0.155. The first kappa shape index (κ1) is 19.5. The van der Waals surface area contributed by atoms with Crippen molar-refractivity contribution in [2.24, 2.45) is 5.41 Å². The highest BCUT2D eigenvalue weighted by molar-refractivity contribution is 5.98. The Morgan fingerprint density at radius 3 is 2.04 bits per heavy atom. The minimum atomic E-state index is -0.185. The molecule has 0 bridgehead atoms. The van der Waals surface area contributed by atoms with E-state index in [1.54, 1.807) is 6.92 Å². The quantitative estimate of drug-likeness (QED) is 0.588. The zero-order valence-corrected chi connectivity index (χ0v) is 16.5. The van der Waals surface area contributed by atoms with Gasteiger partial charge in [0.1, 0.15) is 0 Å². The molecule has 6 nitrogen and oxygen atoms in total. The van der Waals surface area contributed by atoms with Gasteiger partial charge < -0.3 is 4.90 Å². The van der Waals surface area contributed by atoms with E-state index in [4.69, 9.17) is 0 Å². The van der Waals surface area contributed by atoms with Crippen LogP contribution in [0.3, 0.4) is 0 Å². The standard InChI is InChI=1S/C21H29N3O3/c1-4-21(3)13-19(26)24(20(27)14-21)15-22-9-11-23(12-10-22)18-7-5-17(6-8-18)16(2)25/h5-8H,4,9-15H2,1-3H3. The molecule has 27 heavy (non-hydrogen) atoms. The molecule has 2 aliphatic heterocycles. The van der Waals surface area contributed by atoms with Crippen molar-refractivity contribution in [1.29, 1.82) is 0 Å². The molecule has 6 heteroatoms. The number of carbonyl (C=O) groups is 3. The fourth-order valence-electron chi connectivity index (χ4n) is 3.78. The van der Waals surface area contributed by atoms with Gasteiger partial charge in [-0.1, -0.05) is 13.8 Å². The predicted octanol–water partition coefficient (Wildman–Crippen LogP) is 2.53. The minimum Gasteiger partial charge on any atom is -0.369 e. The van der Waals surface area contributed by atoms with E-state index in [1.165, 1.54) is 4.90 Å². The van der Waals surface area contributed by atoms with Crippen molar-refractivity contribution in [3.63, 3.8) is 0 Å². The highest BCUT2D eigenvalue weighted by Crippen LogP contribution is 2.35. The maximum absolute atomic E-state index is 12.5. The molecule has 2 saturated heterocycles. The van der Waals surface area contributed by atoms with Crippen LogP contribution in [0.1, 0.15) is 50.4 Å². The molecule has 2 amide bonds. The molecule has 2 fully saturated rings. The minimum absolute atomic E-state index is 0.0437. The number of amides is 2. The van der Waals surface area contributed by atoms with Crippen molar-refractivity contribution in [1.82, 2.24) is 9.80 Å².